The highest BCUT2D eigenvalue weighted by molar-refractivity contribution is 7.94. The molecule has 1 atom stereocenters. The Bertz CT molecular complexity index is 1440. The Kier molecular flexibility index (Phi) is 6.30. The van der Waals surface area contributed by atoms with Gasteiger partial charge in [-0.05, 0) is 79.8 Å². The van der Waals surface area contributed by atoms with Gasteiger partial charge in [-0.25, -0.2) is 12.8 Å². The van der Waals surface area contributed by atoms with E-state index in [-0.39, 0.29) is 30.2 Å². The summed E-state index contributed by atoms with van der Waals surface area (Å²) in [6, 6.07) is 11.4. The number of aliphatic hydroxyl groups is 1. The topological polar surface area (TPSA) is 92.5 Å². The molecule has 2 aliphatic rings. The molecule has 1 fully saturated rings. The summed E-state index contributed by atoms with van der Waals surface area (Å²) in [6.07, 6.45) is 6.91. The second kappa shape index (κ2) is 9.29. The Morgan fingerprint density at radius 2 is 2.06 bits per heavy atom. The number of pyridine rings is 1. The van der Waals surface area contributed by atoms with Gasteiger partial charge in [0.15, 0.2) is 9.84 Å². The monoisotopic (exact) mass is 509 g/mol. The molecule has 3 heterocycles. The van der Waals surface area contributed by atoms with E-state index in [2.05, 4.69) is 4.98 Å². The molecule has 0 radical (unpaired) electrons. The summed E-state index contributed by atoms with van der Waals surface area (Å²) >= 11 is 0. The number of hydrogen-bond acceptors (Lipinski definition) is 5. The molecule has 0 spiro atoms. The van der Waals surface area contributed by atoms with Crippen LogP contribution in [0.3, 0.4) is 0 Å². The quantitative estimate of drug-likeness (QED) is 0.526. The van der Waals surface area contributed by atoms with Crippen LogP contribution in [0.25, 0.3) is 5.69 Å². The summed E-state index contributed by atoms with van der Waals surface area (Å²) in [7, 11) is -3.41. The highest BCUT2D eigenvalue weighted by Crippen LogP contribution is 2.40. The van der Waals surface area contributed by atoms with Crippen molar-refractivity contribution in [1.29, 1.82) is 0 Å². The van der Waals surface area contributed by atoms with Gasteiger partial charge in [-0.2, -0.15) is 0 Å². The van der Waals surface area contributed by atoms with Crippen LogP contribution in [0, 0.1) is 12.7 Å². The zero-order valence-electron chi connectivity index (χ0n) is 20.0. The van der Waals surface area contributed by atoms with Crippen molar-refractivity contribution in [2.75, 3.05) is 5.75 Å². The molecule has 3 aromatic rings. The van der Waals surface area contributed by atoms with Gasteiger partial charge < -0.3 is 14.6 Å². The molecule has 1 aliphatic heterocycles. The van der Waals surface area contributed by atoms with Crippen LogP contribution in [-0.2, 0) is 33.2 Å². The van der Waals surface area contributed by atoms with Crippen molar-refractivity contribution in [1.82, 2.24) is 14.5 Å². The van der Waals surface area contributed by atoms with Crippen LogP contribution in [-0.4, -0.2) is 45.7 Å². The molecule has 1 unspecified atom stereocenters. The number of amides is 1. The first-order valence-corrected chi connectivity index (χ1v) is 13.7. The van der Waals surface area contributed by atoms with E-state index in [9.17, 15) is 18.3 Å². The first kappa shape index (κ1) is 24.4. The van der Waals surface area contributed by atoms with Crippen LogP contribution in [0.5, 0.6) is 0 Å². The molecule has 1 amide bonds. The molecular weight excluding hydrogens is 481 g/mol. The van der Waals surface area contributed by atoms with Gasteiger partial charge in [-0.15, -0.1) is 0 Å². The Morgan fingerprint density at radius 3 is 2.67 bits per heavy atom. The Hall–Kier alpha value is -3.30. The zero-order chi connectivity index (χ0) is 25.5. The van der Waals surface area contributed by atoms with E-state index in [1.807, 2.05) is 29.8 Å². The molecule has 1 aliphatic carbocycles. The SMILES string of the molecule is Cc1cccn1-c1ccc(CC(=O)N(Cc2ccnc(C3(O)CCC3)c2)C2C=CS(=O)(=O)C2)c(F)c1. The first-order valence-electron chi connectivity index (χ1n) is 11.9. The van der Waals surface area contributed by atoms with Crippen molar-refractivity contribution >= 4 is 15.7 Å². The van der Waals surface area contributed by atoms with Crippen LogP contribution in [0.15, 0.2) is 66.3 Å². The van der Waals surface area contributed by atoms with E-state index in [4.69, 9.17) is 0 Å². The van der Waals surface area contributed by atoms with Crippen molar-refractivity contribution < 1.29 is 22.7 Å². The number of carbonyl (C=O) groups is 1. The second-order valence-electron chi connectivity index (χ2n) is 9.65. The molecular formula is C27H28FN3O4S. The largest absolute Gasteiger partial charge is 0.384 e. The predicted molar refractivity (Wildman–Crippen MR) is 133 cm³/mol. The lowest BCUT2D eigenvalue weighted by Gasteiger charge is -2.36. The molecule has 36 heavy (non-hydrogen) atoms. The maximum Gasteiger partial charge on any atom is 0.227 e. The lowest BCUT2D eigenvalue weighted by molar-refractivity contribution is -0.132. The smallest absolute Gasteiger partial charge is 0.227 e. The van der Waals surface area contributed by atoms with E-state index in [0.717, 1.165) is 23.1 Å². The molecule has 1 aromatic carbocycles. The fraction of sp³-hybridized carbons (Fsp3) is 0.333. The highest BCUT2D eigenvalue weighted by Gasteiger charge is 2.38. The van der Waals surface area contributed by atoms with Gasteiger partial charge in [0.1, 0.15) is 11.4 Å². The average molecular weight is 510 g/mol. The Labute approximate surface area is 209 Å². The summed E-state index contributed by atoms with van der Waals surface area (Å²) in [6.45, 7) is 2.04. The van der Waals surface area contributed by atoms with E-state index in [1.165, 1.54) is 17.0 Å². The normalized spacial score (nSPS) is 19.7. The number of carbonyl (C=O) groups excluding carboxylic acids is 1. The van der Waals surface area contributed by atoms with Crippen LogP contribution in [0.2, 0.25) is 0 Å². The van der Waals surface area contributed by atoms with E-state index >= 15 is 4.39 Å². The molecule has 9 heteroatoms. The summed E-state index contributed by atoms with van der Waals surface area (Å²) in [5.41, 5.74) is 2.18. The fourth-order valence-corrected chi connectivity index (χ4v) is 6.08. The minimum Gasteiger partial charge on any atom is -0.384 e. The van der Waals surface area contributed by atoms with E-state index in [0.29, 0.717) is 24.2 Å². The fourth-order valence-electron chi connectivity index (χ4n) is 4.79. The number of sulfone groups is 1. The van der Waals surface area contributed by atoms with Crippen molar-refractivity contribution in [3.8, 4) is 5.69 Å². The summed E-state index contributed by atoms with van der Waals surface area (Å²) in [5, 5.41) is 11.8. The standard InChI is InChI=1S/C27H28FN3O4S/c1-19-4-2-12-30(19)22-6-5-21(24(28)16-22)15-26(32)31(23-8-13-36(34,35)18-23)17-20-7-11-29-25(14-20)27(33)9-3-10-27/h2,4-8,11-14,16,23,33H,3,9-10,15,17-18H2,1H3. The second-order valence-corrected chi connectivity index (χ2v) is 11.6. The lowest BCUT2D eigenvalue weighted by atomic mass is 9.77. The third-order valence-corrected chi connectivity index (χ3v) is 8.45. The van der Waals surface area contributed by atoms with Gasteiger partial charge in [-0.3, -0.25) is 9.78 Å². The van der Waals surface area contributed by atoms with Gasteiger partial charge in [0.25, 0.3) is 0 Å². The molecule has 188 valence electrons. The third-order valence-electron chi connectivity index (χ3n) is 7.08. The zero-order valence-corrected chi connectivity index (χ0v) is 20.8. The summed E-state index contributed by atoms with van der Waals surface area (Å²) in [4.78, 5) is 19.2. The van der Waals surface area contributed by atoms with Gasteiger partial charge in [-0.1, -0.05) is 6.07 Å². The van der Waals surface area contributed by atoms with Crippen molar-refractivity contribution in [3.05, 3.63) is 94.7 Å². The lowest BCUT2D eigenvalue weighted by Crippen LogP contribution is -2.41. The molecule has 1 N–H and O–H groups in total. The molecule has 7 nitrogen and oxygen atoms in total. The van der Waals surface area contributed by atoms with Gasteiger partial charge >= 0.3 is 0 Å². The van der Waals surface area contributed by atoms with Crippen LogP contribution in [0.4, 0.5) is 4.39 Å². The number of halogens is 1. The van der Waals surface area contributed by atoms with Crippen molar-refractivity contribution in [2.45, 2.75) is 50.8 Å². The van der Waals surface area contributed by atoms with Gasteiger partial charge in [0, 0.05) is 35.7 Å². The van der Waals surface area contributed by atoms with E-state index < -0.39 is 27.3 Å². The van der Waals surface area contributed by atoms with Gasteiger partial charge in [0.2, 0.25) is 5.91 Å². The van der Waals surface area contributed by atoms with Crippen molar-refractivity contribution in [2.24, 2.45) is 0 Å². The minimum atomic E-state index is -3.41. The van der Waals surface area contributed by atoms with Crippen LogP contribution < -0.4 is 0 Å². The number of benzene rings is 1. The Morgan fingerprint density at radius 1 is 1.25 bits per heavy atom. The maximum absolute atomic E-state index is 15.0. The number of aryl methyl sites for hydroxylation is 1. The highest BCUT2D eigenvalue weighted by atomic mass is 32.2. The summed E-state index contributed by atoms with van der Waals surface area (Å²) in [5.74, 6) is -1.09. The van der Waals surface area contributed by atoms with Crippen LogP contribution in [0.1, 0.15) is 41.8 Å². The first-order chi connectivity index (χ1) is 17.1. The average Bonchev–Trinajstić information content (AvgIpc) is 3.41. The van der Waals surface area contributed by atoms with Gasteiger partial charge in [0.05, 0.1) is 23.9 Å². The number of nitrogens with zero attached hydrogens (tertiary/aromatic N) is 3. The van der Waals surface area contributed by atoms with Crippen LogP contribution >= 0.6 is 0 Å². The Balaban J connectivity index is 1.39. The molecule has 0 saturated heterocycles. The number of aromatic nitrogens is 2. The molecule has 2 aromatic heterocycles. The number of rotatable bonds is 7. The molecule has 1 saturated carbocycles. The van der Waals surface area contributed by atoms with E-state index in [1.54, 1.807) is 30.5 Å². The predicted octanol–water partition coefficient (Wildman–Crippen LogP) is 3.57. The third kappa shape index (κ3) is 4.85. The molecule has 5 rings (SSSR count). The minimum absolute atomic E-state index is 0.122. The molecule has 0 bridgehead atoms. The van der Waals surface area contributed by atoms with Crippen molar-refractivity contribution in [3.63, 3.8) is 0 Å². The summed E-state index contributed by atoms with van der Waals surface area (Å²) < 4.78 is 41.1. The number of hydrogen-bond donors (Lipinski definition) is 1. The maximum atomic E-state index is 15.0.